The molecule has 1 atom stereocenters. The molecule has 0 aromatic carbocycles. The van der Waals surface area contributed by atoms with Gasteiger partial charge in [-0.3, -0.25) is 4.79 Å². The molecule has 1 unspecified atom stereocenters. The zero-order valence-electron chi connectivity index (χ0n) is 11.1. The van der Waals surface area contributed by atoms with Crippen LogP contribution < -0.4 is 10.6 Å². The second-order valence-electron chi connectivity index (χ2n) is 5.51. The zero-order chi connectivity index (χ0) is 14.2. The predicted octanol–water partition coefficient (Wildman–Crippen LogP) is 1.39. The molecule has 1 spiro atoms. The number of carbonyl (C=O) groups excluding carboxylic acids is 1. The highest BCUT2D eigenvalue weighted by Crippen LogP contribution is 2.40. The van der Waals surface area contributed by atoms with E-state index in [0.29, 0.717) is 12.2 Å². The maximum atomic E-state index is 11.6. The van der Waals surface area contributed by atoms with E-state index >= 15 is 0 Å². The van der Waals surface area contributed by atoms with Gasteiger partial charge < -0.3 is 15.7 Å². The summed E-state index contributed by atoms with van der Waals surface area (Å²) in [4.78, 5) is 26.6. The van der Waals surface area contributed by atoms with Gasteiger partial charge in [-0.05, 0) is 37.8 Å². The lowest BCUT2D eigenvalue weighted by atomic mass is 9.68. The van der Waals surface area contributed by atoms with E-state index < -0.39 is 5.97 Å². The Kier molecular flexibility index (Phi) is 3.08. The van der Waals surface area contributed by atoms with Crippen molar-refractivity contribution in [2.45, 2.75) is 43.7 Å². The van der Waals surface area contributed by atoms with E-state index in [1.165, 1.54) is 6.07 Å². The molecule has 1 saturated carbocycles. The van der Waals surface area contributed by atoms with E-state index in [2.05, 4.69) is 15.6 Å². The molecule has 2 fully saturated rings. The molecule has 1 amide bonds. The van der Waals surface area contributed by atoms with Crippen molar-refractivity contribution in [1.82, 2.24) is 10.3 Å². The van der Waals surface area contributed by atoms with E-state index in [-0.39, 0.29) is 23.2 Å². The summed E-state index contributed by atoms with van der Waals surface area (Å²) in [6.07, 6.45) is 4.30. The van der Waals surface area contributed by atoms with Crippen LogP contribution in [0.25, 0.3) is 0 Å². The molecule has 20 heavy (non-hydrogen) atoms. The number of carboxylic acids is 1. The molecule has 1 aromatic heterocycles. The van der Waals surface area contributed by atoms with Crippen molar-refractivity contribution in [3.63, 3.8) is 0 Å². The molecule has 0 radical (unpaired) electrons. The van der Waals surface area contributed by atoms with E-state index in [4.69, 9.17) is 5.11 Å². The number of rotatable bonds is 3. The maximum Gasteiger partial charge on any atom is 0.354 e. The average molecular weight is 275 g/mol. The first-order chi connectivity index (χ1) is 9.59. The van der Waals surface area contributed by atoms with Crippen LogP contribution in [0.2, 0.25) is 0 Å². The lowest BCUT2D eigenvalue weighted by Crippen LogP contribution is -2.66. The second kappa shape index (κ2) is 4.77. The number of amides is 1. The van der Waals surface area contributed by atoms with Crippen LogP contribution in [0.3, 0.4) is 0 Å². The van der Waals surface area contributed by atoms with Gasteiger partial charge in [0.05, 0.1) is 11.6 Å². The van der Waals surface area contributed by atoms with Crippen molar-refractivity contribution in [1.29, 1.82) is 0 Å². The third-order valence-electron chi connectivity index (χ3n) is 4.25. The molecule has 1 aliphatic carbocycles. The molecular weight excluding hydrogens is 258 g/mol. The Morgan fingerprint density at radius 3 is 2.90 bits per heavy atom. The minimum absolute atomic E-state index is 0.0255. The lowest BCUT2D eigenvalue weighted by molar-refractivity contribution is -0.127. The summed E-state index contributed by atoms with van der Waals surface area (Å²) in [7, 11) is 0. The quantitative estimate of drug-likeness (QED) is 0.775. The molecule has 2 aliphatic rings. The fourth-order valence-corrected chi connectivity index (χ4v) is 3.03. The molecule has 3 N–H and O–H groups in total. The second-order valence-corrected chi connectivity index (χ2v) is 5.51. The number of anilines is 1. The van der Waals surface area contributed by atoms with Gasteiger partial charge in [0.1, 0.15) is 5.82 Å². The Labute approximate surface area is 116 Å². The first-order valence-electron chi connectivity index (χ1n) is 6.87. The highest BCUT2D eigenvalue weighted by Gasteiger charge is 2.47. The van der Waals surface area contributed by atoms with Gasteiger partial charge in [0, 0.05) is 6.42 Å². The highest BCUT2D eigenvalue weighted by atomic mass is 16.4. The summed E-state index contributed by atoms with van der Waals surface area (Å²) in [5, 5.41) is 15.4. The Bertz CT molecular complexity index is 554. The third-order valence-corrected chi connectivity index (χ3v) is 4.25. The molecule has 2 heterocycles. The number of aromatic nitrogens is 1. The summed E-state index contributed by atoms with van der Waals surface area (Å²) < 4.78 is 0. The number of hydrogen-bond acceptors (Lipinski definition) is 4. The Morgan fingerprint density at radius 2 is 2.25 bits per heavy atom. The van der Waals surface area contributed by atoms with Crippen molar-refractivity contribution >= 4 is 17.7 Å². The standard InChI is InChI=1S/C14H17N3O3/c18-12-6-5-10(14(17-12)7-2-8-14)16-11-4-1-3-9(15-11)13(19)20/h1,3-4,10H,2,5-8H2,(H,15,16)(H,17,18)(H,19,20). The monoisotopic (exact) mass is 275 g/mol. The van der Waals surface area contributed by atoms with Gasteiger partial charge in [0.2, 0.25) is 5.91 Å². The van der Waals surface area contributed by atoms with Gasteiger partial charge in [0.15, 0.2) is 5.69 Å². The van der Waals surface area contributed by atoms with E-state index in [9.17, 15) is 9.59 Å². The molecule has 3 rings (SSSR count). The first-order valence-corrected chi connectivity index (χ1v) is 6.87. The van der Waals surface area contributed by atoms with Crippen LogP contribution in [0.15, 0.2) is 18.2 Å². The van der Waals surface area contributed by atoms with E-state index in [1.807, 2.05) is 0 Å². The summed E-state index contributed by atoms with van der Waals surface area (Å²) >= 11 is 0. The molecule has 1 saturated heterocycles. The Hall–Kier alpha value is -2.11. The summed E-state index contributed by atoms with van der Waals surface area (Å²) in [5.41, 5.74) is -0.145. The van der Waals surface area contributed by atoms with Crippen LogP contribution in [0.1, 0.15) is 42.6 Å². The predicted molar refractivity (Wildman–Crippen MR) is 72.6 cm³/mol. The normalized spacial score (nSPS) is 23.8. The minimum Gasteiger partial charge on any atom is -0.477 e. The van der Waals surface area contributed by atoms with Crippen molar-refractivity contribution in [3.8, 4) is 0 Å². The molecule has 106 valence electrons. The van der Waals surface area contributed by atoms with Crippen LogP contribution in [0.5, 0.6) is 0 Å². The van der Waals surface area contributed by atoms with Crippen LogP contribution >= 0.6 is 0 Å². The zero-order valence-corrected chi connectivity index (χ0v) is 11.1. The first kappa shape index (κ1) is 12.9. The number of carboxylic acid groups (broad SMARTS) is 1. The van der Waals surface area contributed by atoms with Gasteiger partial charge in [0.25, 0.3) is 0 Å². The molecule has 1 aliphatic heterocycles. The van der Waals surface area contributed by atoms with Crippen molar-refractivity contribution in [2.24, 2.45) is 0 Å². The maximum absolute atomic E-state index is 11.6. The number of hydrogen-bond donors (Lipinski definition) is 3. The van der Waals surface area contributed by atoms with Crippen LogP contribution in [-0.2, 0) is 4.79 Å². The summed E-state index contributed by atoms with van der Waals surface area (Å²) in [5.74, 6) is -0.378. The molecular formula is C14H17N3O3. The van der Waals surface area contributed by atoms with Crippen molar-refractivity contribution in [3.05, 3.63) is 23.9 Å². The van der Waals surface area contributed by atoms with Crippen LogP contribution in [0.4, 0.5) is 5.82 Å². The fourth-order valence-electron chi connectivity index (χ4n) is 3.03. The summed E-state index contributed by atoms with van der Waals surface area (Å²) in [6.45, 7) is 0. The summed E-state index contributed by atoms with van der Waals surface area (Å²) in [6, 6.07) is 5.02. The topological polar surface area (TPSA) is 91.3 Å². The Balaban J connectivity index is 1.78. The van der Waals surface area contributed by atoms with Crippen LogP contribution in [0, 0.1) is 0 Å². The highest BCUT2D eigenvalue weighted by molar-refractivity contribution is 5.85. The van der Waals surface area contributed by atoms with E-state index in [0.717, 1.165) is 25.7 Å². The SMILES string of the molecule is O=C1CCC(Nc2cccc(C(=O)O)n2)C2(CCC2)N1. The Morgan fingerprint density at radius 1 is 1.45 bits per heavy atom. The minimum atomic E-state index is -1.04. The molecule has 0 bridgehead atoms. The van der Waals surface area contributed by atoms with Crippen molar-refractivity contribution < 1.29 is 14.7 Å². The number of aromatic carboxylic acids is 1. The van der Waals surface area contributed by atoms with Gasteiger partial charge in [-0.15, -0.1) is 0 Å². The van der Waals surface area contributed by atoms with E-state index in [1.54, 1.807) is 12.1 Å². The molecule has 6 nitrogen and oxygen atoms in total. The smallest absolute Gasteiger partial charge is 0.354 e. The van der Waals surface area contributed by atoms with Gasteiger partial charge in [-0.25, -0.2) is 9.78 Å². The number of pyridine rings is 1. The number of piperidine rings is 1. The average Bonchev–Trinajstić information content (AvgIpc) is 2.39. The molecule has 6 heteroatoms. The van der Waals surface area contributed by atoms with Gasteiger partial charge >= 0.3 is 5.97 Å². The van der Waals surface area contributed by atoms with Crippen LogP contribution in [-0.4, -0.2) is 33.5 Å². The number of nitrogens with zero attached hydrogens (tertiary/aromatic N) is 1. The third kappa shape index (κ3) is 2.21. The molecule has 1 aromatic rings. The van der Waals surface area contributed by atoms with Gasteiger partial charge in [-0.1, -0.05) is 6.07 Å². The lowest BCUT2D eigenvalue weighted by Gasteiger charge is -2.51. The van der Waals surface area contributed by atoms with Gasteiger partial charge in [-0.2, -0.15) is 0 Å². The number of nitrogens with one attached hydrogen (secondary N) is 2. The largest absolute Gasteiger partial charge is 0.477 e. The van der Waals surface area contributed by atoms with Crippen molar-refractivity contribution in [2.75, 3.05) is 5.32 Å². The number of carbonyl (C=O) groups is 2. The fraction of sp³-hybridized carbons (Fsp3) is 0.500.